The van der Waals surface area contributed by atoms with Gasteiger partial charge in [-0.3, -0.25) is 9.78 Å². The highest BCUT2D eigenvalue weighted by atomic mass is 16.3. The van der Waals surface area contributed by atoms with E-state index in [4.69, 9.17) is 5.11 Å². The summed E-state index contributed by atoms with van der Waals surface area (Å²) in [7, 11) is 1.59. The van der Waals surface area contributed by atoms with Gasteiger partial charge in [-0.25, -0.2) is 0 Å². The van der Waals surface area contributed by atoms with Crippen LogP contribution < -0.4 is 10.6 Å². The molecule has 3 N–H and O–H groups in total. The average Bonchev–Trinajstić information content (AvgIpc) is 3.17. The number of nitrogens with one attached hydrogen (secondary N) is 2. The number of aromatic nitrogens is 1. The zero-order chi connectivity index (χ0) is 13.0. The average molecular weight is 249 g/mol. The van der Waals surface area contributed by atoms with E-state index in [-0.39, 0.29) is 17.9 Å². The van der Waals surface area contributed by atoms with Crippen molar-refractivity contribution in [1.29, 1.82) is 0 Å². The first-order valence-electron chi connectivity index (χ1n) is 6.22. The third-order valence-electron chi connectivity index (χ3n) is 3.49. The summed E-state index contributed by atoms with van der Waals surface area (Å²) in [5.74, 6) is -0.185. The van der Waals surface area contributed by atoms with Crippen LogP contribution in [0.15, 0.2) is 18.3 Å². The molecule has 5 nitrogen and oxygen atoms in total. The molecule has 1 fully saturated rings. The van der Waals surface area contributed by atoms with E-state index in [0.29, 0.717) is 5.69 Å². The standard InChI is InChI=1S/C13H19N3O2/c1-14-12(18)11-8-10(2-6-15-11)16-9-13(3-4-13)5-7-17/h2,6,8,17H,3-5,7,9H2,1H3,(H,14,18)(H,15,16). The second-order valence-corrected chi connectivity index (χ2v) is 4.84. The summed E-state index contributed by atoms with van der Waals surface area (Å²) >= 11 is 0. The first-order valence-corrected chi connectivity index (χ1v) is 6.22. The molecular formula is C13H19N3O2. The van der Waals surface area contributed by atoms with Gasteiger partial charge >= 0.3 is 0 Å². The normalized spacial score (nSPS) is 16.1. The van der Waals surface area contributed by atoms with Gasteiger partial charge in [0.15, 0.2) is 0 Å². The van der Waals surface area contributed by atoms with Crippen LogP contribution in [0.1, 0.15) is 29.8 Å². The van der Waals surface area contributed by atoms with Gasteiger partial charge in [0.05, 0.1) is 0 Å². The minimum Gasteiger partial charge on any atom is -0.396 e. The zero-order valence-corrected chi connectivity index (χ0v) is 10.6. The molecule has 1 aromatic rings. The number of nitrogens with zero attached hydrogens (tertiary/aromatic N) is 1. The Morgan fingerprint density at radius 3 is 2.94 bits per heavy atom. The summed E-state index contributed by atoms with van der Waals surface area (Å²) in [5, 5.41) is 14.9. The van der Waals surface area contributed by atoms with E-state index in [1.165, 1.54) is 0 Å². The molecule has 0 bridgehead atoms. The van der Waals surface area contributed by atoms with Crippen LogP contribution in [-0.2, 0) is 0 Å². The van der Waals surface area contributed by atoms with Crippen molar-refractivity contribution in [3.8, 4) is 0 Å². The van der Waals surface area contributed by atoms with E-state index in [2.05, 4.69) is 15.6 Å². The maximum absolute atomic E-state index is 11.4. The molecule has 5 heteroatoms. The van der Waals surface area contributed by atoms with Gasteiger partial charge < -0.3 is 15.7 Å². The van der Waals surface area contributed by atoms with Crippen molar-refractivity contribution in [2.24, 2.45) is 5.41 Å². The van der Waals surface area contributed by atoms with E-state index >= 15 is 0 Å². The molecule has 0 radical (unpaired) electrons. The lowest BCUT2D eigenvalue weighted by atomic mass is 10.0. The van der Waals surface area contributed by atoms with Crippen LogP contribution in [-0.4, -0.2) is 36.2 Å². The first kappa shape index (κ1) is 12.8. The van der Waals surface area contributed by atoms with E-state index in [1.807, 2.05) is 6.07 Å². The summed E-state index contributed by atoms with van der Waals surface area (Å²) in [6, 6.07) is 3.59. The van der Waals surface area contributed by atoms with Gasteiger partial charge in [-0.2, -0.15) is 0 Å². The summed E-state index contributed by atoms with van der Waals surface area (Å²) in [4.78, 5) is 15.5. The van der Waals surface area contributed by atoms with Crippen molar-refractivity contribution in [3.05, 3.63) is 24.0 Å². The molecular weight excluding hydrogens is 230 g/mol. The maximum atomic E-state index is 11.4. The number of carbonyl (C=O) groups excluding carboxylic acids is 1. The Kier molecular flexibility index (Phi) is 3.81. The number of anilines is 1. The molecule has 1 amide bonds. The monoisotopic (exact) mass is 249 g/mol. The highest BCUT2D eigenvalue weighted by Crippen LogP contribution is 2.48. The Labute approximate surface area is 107 Å². The number of hydrogen-bond acceptors (Lipinski definition) is 4. The minimum absolute atomic E-state index is 0.185. The number of pyridine rings is 1. The van der Waals surface area contributed by atoms with Crippen LogP contribution in [0.25, 0.3) is 0 Å². The Balaban J connectivity index is 1.95. The third-order valence-corrected chi connectivity index (χ3v) is 3.49. The van der Waals surface area contributed by atoms with E-state index in [9.17, 15) is 4.79 Å². The van der Waals surface area contributed by atoms with E-state index < -0.39 is 0 Å². The van der Waals surface area contributed by atoms with Crippen LogP contribution in [0, 0.1) is 5.41 Å². The van der Waals surface area contributed by atoms with Crippen molar-refractivity contribution >= 4 is 11.6 Å². The van der Waals surface area contributed by atoms with Crippen LogP contribution in [0.5, 0.6) is 0 Å². The van der Waals surface area contributed by atoms with Crippen LogP contribution >= 0.6 is 0 Å². The molecule has 1 saturated carbocycles. The van der Waals surface area contributed by atoms with Crippen LogP contribution in [0.3, 0.4) is 0 Å². The van der Waals surface area contributed by atoms with E-state index in [0.717, 1.165) is 31.5 Å². The molecule has 2 rings (SSSR count). The summed E-state index contributed by atoms with van der Waals surface area (Å²) in [6.45, 7) is 1.08. The van der Waals surface area contributed by atoms with Crippen molar-refractivity contribution in [2.45, 2.75) is 19.3 Å². The molecule has 1 aliphatic rings. The summed E-state index contributed by atoms with van der Waals surface area (Å²) in [6.07, 6.45) is 4.79. The second-order valence-electron chi connectivity index (χ2n) is 4.84. The van der Waals surface area contributed by atoms with Gasteiger partial charge in [-0.15, -0.1) is 0 Å². The molecule has 0 spiro atoms. The highest BCUT2D eigenvalue weighted by Gasteiger charge is 2.41. The first-order chi connectivity index (χ1) is 8.69. The lowest BCUT2D eigenvalue weighted by Crippen LogP contribution is -2.20. The predicted octanol–water partition coefficient (Wildman–Crippen LogP) is 1.02. The van der Waals surface area contributed by atoms with Gasteiger partial charge in [0.2, 0.25) is 0 Å². The fraction of sp³-hybridized carbons (Fsp3) is 0.538. The lowest BCUT2D eigenvalue weighted by molar-refractivity contribution is 0.0958. The molecule has 0 atom stereocenters. The quantitative estimate of drug-likeness (QED) is 0.703. The van der Waals surface area contributed by atoms with Crippen LogP contribution in [0.4, 0.5) is 5.69 Å². The number of hydrogen-bond donors (Lipinski definition) is 3. The zero-order valence-electron chi connectivity index (χ0n) is 10.6. The number of carbonyl (C=O) groups is 1. The molecule has 1 aliphatic carbocycles. The fourth-order valence-corrected chi connectivity index (χ4v) is 2.01. The fourth-order valence-electron chi connectivity index (χ4n) is 2.01. The Hall–Kier alpha value is -1.62. The molecule has 0 unspecified atom stereocenters. The number of rotatable bonds is 6. The molecule has 1 aromatic heterocycles. The van der Waals surface area contributed by atoms with Gasteiger partial charge in [0.25, 0.3) is 5.91 Å². The smallest absolute Gasteiger partial charge is 0.269 e. The van der Waals surface area contributed by atoms with Crippen molar-refractivity contribution < 1.29 is 9.90 Å². The van der Waals surface area contributed by atoms with Gasteiger partial charge in [-0.05, 0) is 36.8 Å². The van der Waals surface area contributed by atoms with Gasteiger partial charge in [-0.1, -0.05) is 0 Å². The van der Waals surface area contributed by atoms with Crippen molar-refractivity contribution in [1.82, 2.24) is 10.3 Å². The largest absolute Gasteiger partial charge is 0.396 e. The van der Waals surface area contributed by atoms with Crippen molar-refractivity contribution in [3.63, 3.8) is 0 Å². The Bertz CT molecular complexity index is 430. The minimum atomic E-state index is -0.185. The number of aliphatic hydroxyl groups is 1. The molecule has 98 valence electrons. The summed E-state index contributed by atoms with van der Waals surface area (Å²) < 4.78 is 0. The number of aliphatic hydroxyl groups excluding tert-OH is 1. The number of amides is 1. The second kappa shape index (κ2) is 5.35. The Morgan fingerprint density at radius 2 is 2.33 bits per heavy atom. The molecule has 0 saturated heterocycles. The Morgan fingerprint density at radius 1 is 1.56 bits per heavy atom. The summed E-state index contributed by atoms with van der Waals surface area (Å²) in [5.41, 5.74) is 1.56. The molecule has 0 aliphatic heterocycles. The molecule has 18 heavy (non-hydrogen) atoms. The van der Waals surface area contributed by atoms with E-state index in [1.54, 1.807) is 19.3 Å². The van der Waals surface area contributed by atoms with Gasteiger partial charge in [0, 0.05) is 32.1 Å². The molecule has 0 aromatic carbocycles. The maximum Gasteiger partial charge on any atom is 0.269 e. The van der Waals surface area contributed by atoms with Gasteiger partial charge in [0.1, 0.15) is 5.69 Å². The highest BCUT2D eigenvalue weighted by molar-refractivity contribution is 5.92. The lowest BCUT2D eigenvalue weighted by Gasteiger charge is -2.15. The third kappa shape index (κ3) is 2.98. The molecule has 1 heterocycles. The SMILES string of the molecule is CNC(=O)c1cc(NCC2(CCO)CC2)ccn1. The predicted molar refractivity (Wildman–Crippen MR) is 69.5 cm³/mol. The van der Waals surface area contributed by atoms with Crippen molar-refractivity contribution in [2.75, 3.05) is 25.5 Å². The topological polar surface area (TPSA) is 74.2 Å². The van der Waals surface area contributed by atoms with Crippen LogP contribution in [0.2, 0.25) is 0 Å².